The maximum Gasteiger partial charge on any atom is 0.265 e. The molecule has 0 radical (unpaired) electrons. The highest BCUT2D eigenvalue weighted by Gasteiger charge is 2.07. The first kappa shape index (κ1) is 13.1. The van der Waals surface area contributed by atoms with Crippen LogP contribution in [0.1, 0.15) is 21.5 Å². The number of nitrogens with two attached hydrogens (primary N) is 1. The van der Waals surface area contributed by atoms with Gasteiger partial charge >= 0.3 is 0 Å². The fourth-order valence-corrected chi connectivity index (χ4v) is 1.88. The summed E-state index contributed by atoms with van der Waals surface area (Å²) >= 11 is 0. The highest BCUT2D eigenvalue weighted by atomic mass is 16.2. The minimum atomic E-state index is -0.260. The predicted octanol–water partition coefficient (Wildman–Crippen LogP) is 2.55. The fourth-order valence-electron chi connectivity index (χ4n) is 1.88. The van der Waals surface area contributed by atoms with Crippen molar-refractivity contribution in [3.8, 4) is 0 Å². The summed E-state index contributed by atoms with van der Waals surface area (Å²) in [4.78, 5) is 11.6. The molecule has 0 aliphatic heterocycles. The maximum absolute atomic E-state index is 11.6. The predicted molar refractivity (Wildman–Crippen MR) is 77.3 cm³/mol. The van der Waals surface area contributed by atoms with Crippen LogP contribution in [-0.4, -0.2) is 5.91 Å². The van der Waals surface area contributed by atoms with Crippen LogP contribution < -0.4 is 11.3 Å². The topological polar surface area (TPSA) is 55.1 Å². The Balaban J connectivity index is 2.12. The second-order valence-electron chi connectivity index (χ2n) is 4.15. The van der Waals surface area contributed by atoms with Gasteiger partial charge in [0, 0.05) is 5.56 Å². The van der Waals surface area contributed by atoms with E-state index in [-0.39, 0.29) is 5.91 Å². The third-order valence-electron chi connectivity index (χ3n) is 2.84. The molecular formula is C16H16N2O. The number of rotatable bonds is 4. The van der Waals surface area contributed by atoms with Gasteiger partial charge in [-0.1, -0.05) is 60.7 Å². The molecule has 3 heteroatoms. The van der Waals surface area contributed by atoms with E-state index >= 15 is 0 Å². The summed E-state index contributed by atoms with van der Waals surface area (Å²) in [6, 6.07) is 17.5. The van der Waals surface area contributed by atoms with Crippen molar-refractivity contribution in [3.63, 3.8) is 0 Å². The molecule has 0 bridgehead atoms. The summed E-state index contributed by atoms with van der Waals surface area (Å²) in [5.74, 6) is 4.91. The number of amides is 1. The lowest BCUT2D eigenvalue weighted by molar-refractivity contribution is 0.0953. The van der Waals surface area contributed by atoms with Crippen molar-refractivity contribution in [1.29, 1.82) is 0 Å². The molecule has 3 nitrogen and oxygen atoms in total. The van der Waals surface area contributed by atoms with Crippen LogP contribution in [0.2, 0.25) is 0 Å². The van der Waals surface area contributed by atoms with E-state index in [0.717, 1.165) is 11.1 Å². The van der Waals surface area contributed by atoms with E-state index in [0.29, 0.717) is 12.0 Å². The normalized spacial score (nSPS) is 10.6. The van der Waals surface area contributed by atoms with Gasteiger partial charge in [0.05, 0.1) is 0 Å². The Morgan fingerprint density at radius 1 is 1.05 bits per heavy atom. The molecule has 0 heterocycles. The molecule has 1 amide bonds. The van der Waals surface area contributed by atoms with E-state index in [1.165, 1.54) is 0 Å². The first-order valence-electron chi connectivity index (χ1n) is 6.11. The number of carbonyl (C=O) groups excluding carboxylic acids is 1. The summed E-state index contributed by atoms with van der Waals surface area (Å²) in [7, 11) is 0. The van der Waals surface area contributed by atoms with Gasteiger partial charge in [-0.25, -0.2) is 5.84 Å². The van der Waals surface area contributed by atoms with Crippen LogP contribution in [0.15, 0.2) is 60.7 Å². The zero-order chi connectivity index (χ0) is 13.5. The van der Waals surface area contributed by atoms with Gasteiger partial charge in [-0.05, 0) is 23.6 Å². The quantitative estimate of drug-likeness (QED) is 0.499. The molecule has 2 aromatic rings. The lowest BCUT2D eigenvalue weighted by Crippen LogP contribution is -2.30. The molecule has 0 fully saturated rings. The second kappa shape index (κ2) is 6.52. The molecule has 0 aliphatic carbocycles. The van der Waals surface area contributed by atoms with E-state index < -0.39 is 0 Å². The zero-order valence-corrected chi connectivity index (χ0v) is 10.5. The van der Waals surface area contributed by atoms with Gasteiger partial charge in [-0.2, -0.15) is 0 Å². The van der Waals surface area contributed by atoms with Gasteiger partial charge in [-0.15, -0.1) is 0 Å². The van der Waals surface area contributed by atoms with Crippen LogP contribution in [0.4, 0.5) is 0 Å². The van der Waals surface area contributed by atoms with Crippen LogP contribution in [0, 0.1) is 0 Å². The van der Waals surface area contributed by atoms with E-state index in [4.69, 9.17) is 5.84 Å². The van der Waals surface area contributed by atoms with Crippen molar-refractivity contribution in [1.82, 2.24) is 5.43 Å². The molecule has 0 atom stereocenters. The van der Waals surface area contributed by atoms with E-state index in [2.05, 4.69) is 5.43 Å². The first-order valence-corrected chi connectivity index (χ1v) is 6.11. The lowest BCUT2D eigenvalue weighted by Gasteiger charge is -2.05. The summed E-state index contributed by atoms with van der Waals surface area (Å²) in [5, 5.41) is 0. The Kier molecular flexibility index (Phi) is 4.48. The summed E-state index contributed by atoms with van der Waals surface area (Å²) < 4.78 is 0. The Morgan fingerprint density at radius 2 is 1.74 bits per heavy atom. The average Bonchev–Trinajstić information content (AvgIpc) is 2.48. The zero-order valence-electron chi connectivity index (χ0n) is 10.5. The van der Waals surface area contributed by atoms with Crippen molar-refractivity contribution >= 4 is 12.0 Å². The average molecular weight is 252 g/mol. The summed E-state index contributed by atoms with van der Waals surface area (Å²) in [6.07, 6.45) is 4.77. The maximum atomic E-state index is 11.6. The minimum absolute atomic E-state index is 0.260. The van der Waals surface area contributed by atoms with E-state index in [1.54, 1.807) is 6.07 Å². The lowest BCUT2D eigenvalue weighted by atomic mass is 10.0. The van der Waals surface area contributed by atoms with Crippen LogP contribution in [-0.2, 0) is 6.42 Å². The van der Waals surface area contributed by atoms with Crippen LogP contribution in [0.5, 0.6) is 0 Å². The van der Waals surface area contributed by atoms with E-state index in [1.807, 2.05) is 60.7 Å². The van der Waals surface area contributed by atoms with Crippen molar-refractivity contribution in [2.45, 2.75) is 6.42 Å². The van der Waals surface area contributed by atoms with Crippen molar-refractivity contribution in [2.75, 3.05) is 0 Å². The Bertz CT molecular complexity index is 576. The summed E-state index contributed by atoms with van der Waals surface area (Å²) in [6.45, 7) is 0. The molecule has 0 unspecified atom stereocenters. The Labute approximate surface area is 112 Å². The van der Waals surface area contributed by atoms with Crippen molar-refractivity contribution in [2.24, 2.45) is 5.84 Å². The smallest absolute Gasteiger partial charge is 0.265 e. The number of nitrogen functional groups attached to an aromatic ring is 1. The minimum Gasteiger partial charge on any atom is -0.290 e. The van der Waals surface area contributed by atoms with Crippen molar-refractivity contribution in [3.05, 3.63) is 77.4 Å². The van der Waals surface area contributed by atoms with E-state index in [9.17, 15) is 4.79 Å². The van der Waals surface area contributed by atoms with Gasteiger partial charge in [0.2, 0.25) is 0 Å². The third-order valence-corrected chi connectivity index (χ3v) is 2.84. The molecular weight excluding hydrogens is 236 g/mol. The Hall–Kier alpha value is -2.39. The number of benzene rings is 2. The molecule has 2 aromatic carbocycles. The highest BCUT2D eigenvalue weighted by molar-refractivity contribution is 5.95. The second-order valence-corrected chi connectivity index (χ2v) is 4.15. The molecule has 96 valence electrons. The van der Waals surface area contributed by atoms with Gasteiger partial charge < -0.3 is 0 Å². The van der Waals surface area contributed by atoms with Gasteiger partial charge in [0.25, 0.3) is 5.91 Å². The number of nitrogens with one attached hydrogen (secondary N) is 1. The monoisotopic (exact) mass is 252 g/mol. The number of hydrogen-bond acceptors (Lipinski definition) is 2. The molecule has 0 spiro atoms. The SMILES string of the molecule is NNC(=O)c1ccccc1CC=Cc1ccccc1. The molecule has 19 heavy (non-hydrogen) atoms. The van der Waals surface area contributed by atoms with Gasteiger partial charge in [-0.3, -0.25) is 10.2 Å². The standard InChI is InChI=1S/C16H16N2O/c17-18-16(19)15-12-5-4-10-14(15)11-6-9-13-7-2-1-3-8-13/h1-10,12H,11,17H2,(H,18,19). The Morgan fingerprint density at radius 3 is 2.47 bits per heavy atom. The number of allylic oxidation sites excluding steroid dienone is 1. The van der Waals surface area contributed by atoms with Crippen LogP contribution >= 0.6 is 0 Å². The van der Waals surface area contributed by atoms with Gasteiger partial charge in [0.15, 0.2) is 0 Å². The highest BCUT2D eigenvalue weighted by Crippen LogP contribution is 2.11. The van der Waals surface area contributed by atoms with Crippen molar-refractivity contribution < 1.29 is 4.79 Å². The molecule has 3 N–H and O–H groups in total. The number of hydrogen-bond donors (Lipinski definition) is 2. The largest absolute Gasteiger partial charge is 0.290 e. The summed E-state index contributed by atoms with van der Waals surface area (Å²) in [5.41, 5.74) is 4.88. The fraction of sp³-hybridized carbons (Fsp3) is 0.0625. The van der Waals surface area contributed by atoms with Gasteiger partial charge in [0.1, 0.15) is 0 Å². The third kappa shape index (κ3) is 3.53. The molecule has 0 saturated heterocycles. The molecule has 0 aliphatic rings. The molecule has 0 aromatic heterocycles. The molecule has 2 rings (SSSR count). The molecule has 0 saturated carbocycles. The number of carbonyl (C=O) groups is 1. The number of hydrazine groups is 1. The van der Waals surface area contributed by atoms with Crippen LogP contribution in [0.25, 0.3) is 6.08 Å². The first-order chi connectivity index (χ1) is 9.31. The van der Waals surface area contributed by atoms with Crippen LogP contribution in [0.3, 0.4) is 0 Å².